The van der Waals surface area contributed by atoms with Gasteiger partial charge in [0, 0.05) is 19.3 Å². The van der Waals surface area contributed by atoms with Gasteiger partial charge in [-0.1, -0.05) is 6.07 Å². The van der Waals surface area contributed by atoms with Gasteiger partial charge in [-0.05, 0) is 50.8 Å². The highest BCUT2D eigenvalue weighted by atomic mass is 32.2. The molecule has 1 heterocycles. The second-order valence-corrected chi connectivity index (χ2v) is 11.4. The number of nitrogens with one attached hydrogen (secondary N) is 1. The fraction of sp³-hybridized carbons (Fsp3) is 0.500. The maximum Gasteiger partial charge on any atom is 0.416 e. The van der Waals surface area contributed by atoms with Gasteiger partial charge in [-0.2, -0.15) is 13.2 Å². The van der Waals surface area contributed by atoms with E-state index in [-0.39, 0.29) is 17.9 Å². The standard InChI is InChI=1S/C18H21F4N3O4S2/c1-12-23-16(11-25(12)2)31(28,29)24-14-6-8-17(19,9-7-14)30(26,27)15-5-3-4-13(10-15)18(20,21)22/h3-5,10-11,14,24H,6-9H2,1-2H3. The summed E-state index contributed by atoms with van der Waals surface area (Å²) >= 11 is 0. The van der Waals surface area contributed by atoms with E-state index >= 15 is 4.39 Å². The molecule has 0 unspecified atom stereocenters. The normalized spacial score (nSPS) is 23.1. The number of aryl methyl sites for hydroxylation is 2. The molecule has 0 bridgehead atoms. The van der Waals surface area contributed by atoms with Crippen molar-refractivity contribution in [1.82, 2.24) is 14.3 Å². The number of benzene rings is 1. The molecule has 0 saturated heterocycles. The largest absolute Gasteiger partial charge is 0.416 e. The molecule has 1 aliphatic carbocycles. The van der Waals surface area contributed by atoms with Crippen molar-refractivity contribution in [3.8, 4) is 0 Å². The van der Waals surface area contributed by atoms with Crippen molar-refractivity contribution in [2.45, 2.75) is 59.7 Å². The predicted molar refractivity (Wildman–Crippen MR) is 103 cm³/mol. The van der Waals surface area contributed by atoms with Crippen LogP contribution in [0.15, 0.2) is 40.4 Å². The number of hydrogen-bond acceptors (Lipinski definition) is 5. The van der Waals surface area contributed by atoms with E-state index in [0.29, 0.717) is 18.0 Å². The van der Waals surface area contributed by atoms with Gasteiger partial charge in [-0.3, -0.25) is 0 Å². The van der Waals surface area contributed by atoms with Crippen LogP contribution in [0.4, 0.5) is 17.6 Å². The van der Waals surface area contributed by atoms with E-state index in [9.17, 15) is 30.0 Å². The Balaban J connectivity index is 1.76. The molecule has 0 atom stereocenters. The van der Waals surface area contributed by atoms with Gasteiger partial charge in [0.2, 0.25) is 14.8 Å². The average Bonchev–Trinajstić information content (AvgIpc) is 3.02. The number of aromatic nitrogens is 2. The molecule has 1 aromatic heterocycles. The Morgan fingerprint density at radius 2 is 1.77 bits per heavy atom. The number of alkyl halides is 4. The zero-order chi connectivity index (χ0) is 23.2. The molecular formula is C18H21F4N3O4S2. The molecule has 0 radical (unpaired) electrons. The highest BCUT2D eigenvalue weighted by Crippen LogP contribution is 2.41. The Morgan fingerprint density at radius 1 is 1.16 bits per heavy atom. The van der Waals surface area contributed by atoms with Crippen molar-refractivity contribution in [3.05, 3.63) is 41.9 Å². The van der Waals surface area contributed by atoms with Crippen molar-refractivity contribution in [3.63, 3.8) is 0 Å². The zero-order valence-electron chi connectivity index (χ0n) is 16.6. The van der Waals surface area contributed by atoms with Crippen molar-refractivity contribution in [2.75, 3.05) is 0 Å². The summed E-state index contributed by atoms with van der Waals surface area (Å²) in [4.78, 5) is 3.18. The minimum absolute atomic E-state index is 0.139. The maximum atomic E-state index is 15.4. The summed E-state index contributed by atoms with van der Waals surface area (Å²) in [5, 5.41) is -3.00. The van der Waals surface area contributed by atoms with Crippen molar-refractivity contribution < 1.29 is 34.4 Å². The Morgan fingerprint density at radius 3 is 2.29 bits per heavy atom. The lowest BCUT2D eigenvalue weighted by molar-refractivity contribution is -0.137. The molecular weight excluding hydrogens is 462 g/mol. The van der Waals surface area contributed by atoms with Crippen LogP contribution in [-0.4, -0.2) is 37.4 Å². The molecule has 0 aliphatic heterocycles. The minimum Gasteiger partial charge on any atom is -0.337 e. The van der Waals surface area contributed by atoms with Gasteiger partial charge >= 0.3 is 6.18 Å². The molecule has 3 rings (SSSR count). The van der Waals surface area contributed by atoms with Gasteiger partial charge in [0.15, 0.2) is 5.03 Å². The minimum atomic E-state index is -4.77. The molecule has 172 valence electrons. The van der Waals surface area contributed by atoms with Crippen LogP contribution in [-0.2, 0) is 33.1 Å². The second-order valence-electron chi connectivity index (χ2n) is 7.54. The van der Waals surface area contributed by atoms with Gasteiger partial charge in [0.1, 0.15) is 5.82 Å². The van der Waals surface area contributed by atoms with E-state index in [4.69, 9.17) is 0 Å². The van der Waals surface area contributed by atoms with E-state index in [2.05, 4.69) is 9.71 Å². The van der Waals surface area contributed by atoms with Crippen LogP contribution in [0.5, 0.6) is 0 Å². The molecule has 1 saturated carbocycles. The number of nitrogens with zero attached hydrogens (tertiary/aromatic N) is 2. The van der Waals surface area contributed by atoms with Gasteiger partial charge in [0.05, 0.1) is 10.5 Å². The maximum absolute atomic E-state index is 15.4. The first kappa shape index (κ1) is 23.7. The Hall–Kier alpha value is -1.99. The van der Waals surface area contributed by atoms with Crippen molar-refractivity contribution in [1.29, 1.82) is 0 Å². The highest BCUT2D eigenvalue weighted by Gasteiger charge is 2.48. The van der Waals surface area contributed by atoms with E-state index in [1.807, 2.05) is 0 Å². The smallest absolute Gasteiger partial charge is 0.337 e. The molecule has 7 nitrogen and oxygen atoms in total. The lowest BCUT2D eigenvalue weighted by Gasteiger charge is -2.33. The third kappa shape index (κ3) is 4.62. The lowest BCUT2D eigenvalue weighted by Crippen LogP contribution is -2.45. The molecule has 1 N–H and O–H groups in total. The van der Waals surface area contributed by atoms with Crippen molar-refractivity contribution in [2.24, 2.45) is 7.05 Å². The summed E-state index contributed by atoms with van der Waals surface area (Å²) in [5.74, 6) is 0.471. The van der Waals surface area contributed by atoms with Crippen LogP contribution in [0.1, 0.15) is 37.1 Å². The van der Waals surface area contributed by atoms with Crippen LogP contribution in [0.2, 0.25) is 0 Å². The topological polar surface area (TPSA) is 98.1 Å². The Kier molecular flexibility index (Phi) is 6.00. The molecule has 13 heteroatoms. The van der Waals surface area contributed by atoms with E-state index in [0.717, 1.165) is 12.1 Å². The molecule has 1 aliphatic rings. The summed E-state index contributed by atoms with van der Waals surface area (Å²) in [6, 6.07) is 2.22. The summed E-state index contributed by atoms with van der Waals surface area (Å²) < 4.78 is 108. The SMILES string of the molecule is Cc1nc(S(=O)(=O)NC2CCC(F)(S(=O)(=O)c3cccc(C(F)(F)F)c3)CC2)cn1C. The number of sulfone groups is 1. The number of sulfonamides is 1. The van der Waals surface area contributed by atoms with Gasteiger partial charge in [-0.25, -0.2) is 30.9 Å². The van der Waals surface area contributed by atoms with Crippen LogP contribution < -0.4 is 4.72 Å². The first-order valence-electron chi connectivity index (χ1n) is 9.29. The molecule has 1 aromatic carbocycles. The summed E-state index contributed by atoms with van der Waals surface area (Å²) in [6.45, 7) is 1.62. The van der Waals surface area contributed by atoms with Gasteiger partial charge < -0.3 is 4.57 Å². The summed E-state index contributed by atoms with van der Waals surface area (Å²) in [6.07, 6.45) is -4.84. The summed E-state index contributed by atoms with van der Waals surface area (Å²) in [5.41, 5.74) is -1.19. The predicted octanol–water partition coefficient (Wildman–Crippen LogP) is 3.11. The van der Waals surface area contributed by atoms with Crippen LogP contribution in [0.3, 0.4) is 0 Å². The molecule has 1 fully saturated rings. The number of imidazole rings is 1. The zero-order valence-corrected chi connectivity index (χ0v) is 18.3. The Labute approximate surface area is 177 Å². The van der Waals surface area contributed by atoms with Crippen LogP contribution in [0.25, 0.3) is 0 Å². The first-order chi connectivity index (χ1) is 14.2. The Bertz CT molecular complexity index is 1160. The molecule has 0 amide bonds. The third-order valence-corrected chi connectivity index (χ3v) is 9.01. The van der Waals surface area contributed by atoms with E-state index < -0.39 is 60.4 Å². The van der Waals surface area contributed by atoms with Crippen LogP contribution >= 0.6 is 0 Å². The first-order valence-corrected chi connectivity index (χ1v) is 12.3. The number of hydrogen-bond donors (Lipinski definition) is 1. The van der Waals surface area contributed by atoms with E-state index in [1.165, 1.54) is 10.8 Å². The van der Waals surface area contributed by atoms with Crippen LogP contribution in [0, 0.1) is 6.92 Å². The van der Waals surface area contributed by atoms with Crippen molar-refractivity contribution >= 4 is 19.9 Å². The fourth-order valence-corrected chi connectivity index (χ4v) is 6.50. The fourth-order valence-electron chi connectivity index (χ4n) is 3.42. The average molecular weight is 484 g/mol. The quantitative estimate of drug-likeness (QED) is 0.659. The molecule has 2 aromatic rings. The third-order valence-electron chi connectivity index (χ3n) is 5.37. The number of rotatable bonds is 5. The molecule has 31 heavy (non-hydrogen) atoms. The summed E-state index contributed by atoms with van der Waals surface area (Å²) in [7, 11) is -7.09. The monoisotopic (exact) mass is 483 g/mol. The lowest BCUT2D eigenvalue weighted by atomic mass is 9.94. The second kappa shape index (κ2) is 7.85. The molecule has 0 spiro atoms. The van der Waals surface area contributed by atoms with E-state index in [1.54, 1.807) is 14.0 Å². The highest BCUT2D eigenvalue weighted by molar-refractivity contribution is 7.92. The van der Waals surface area contributed by atoms with Gasteiger partial charge in [0.25, 0.3) is 10.0 Å². The van der Waals surface area contributed by atoms with Gasteiger partial charge in [-0.15, -0.1) is 0 Å². The number of halogens is 4.